The molecule has 8 N–H and O–H groups in total. The third-order valence-electron chi connectivity index (χ3n) is 5.08. The van der Waals surface area contributed by atoms with Crippen molar-refractivity contribution in [3.05, 3.63) is 39.7 Å². The second-order valence-corrected chi connectivity index (χ2v) is 7.39. The molecule has 1 heterocycles. The van der Waals surface area contributed by atoms with E-state index in [9.17, 15) is 19.2 Å². The van der Waals surface area contributed by atoms with E-state index in [1.54, 1.807) is 19.1 Å². The SMILES string of the molecule is Cc1c(N)c(=O)oc2cc(C(=O)C(CCCCN)NC(=O)C(N)CCC(=O)O)ccc12. The number of carbonyl (C=O) groups excluding carboxylic acids is 2. The van der Waals surface area contributed by atoms with Gasteiger partial charge in [0.15, 0.2) is 5.78 Å². The first-order chi connectivity index (χ1) is 14.6. The number of nitrogens with two attached hydrogens (primary N) is 3. The molecule has 0 saturated heterocycles. The molecule has 1 aromatic heterocycles. The van der Waals surface area contributed by atoms with Crippen LogP contribution in [0.4, 0.5) is 5.69 Å². The Labute approximate surface area is 178 Å². The number of benzene rings is 1. The van der Waals surface area contributed by atoms with E-state index in [1.807, 2.05) is 0 Å². The van der Waals surface area contributed by atoms with E-state index in [2.05, 4.69) is 5.32 Å². The molecule has 31 heavy (non-hydrogen) atoms. The number of carboxylic acid groups (broad SMARTS) is 1. The number of fused-ring (bicyclic) bond motifs is 1. The van der Waals surface area contributed by atoms with Gasteiger partial charge in [-0.1, -0.05) is 12.1 Å². The molecule has 1 aromatic carbocycles. The largest absolute Gasteiger partial charge is 0.481 e. The van der Waals surface area contributed by atoms with Crippen molar-refractivity contribution >= 4 is 34.3 Å². The third kappa shape index (κ3) is 6.12. The number of aryl methyl sites for hydroxylation is 1. The van der Waals surface area contributed by atoms with Crippen molar-refractivity contribution in [3.8, 4) is 0 Å². The van der Waals surface area contributed by atoms with E-state index in [-0.39, 0.29) is 35.5 Å². The zero-order valence-corrected chi connectivity index (χ0v) is 17.3. The van der Waals surface area contributed by atoms with Crippen LogP contribution < -0.4 is 28.1 Å². The van der Waals surface area contributed by atoms with Gasteiger partial charge in [-0.25, -0.2) is 4.79 Å². The van der Waals surface area contributed by atoms with Crippen molar-refractivity contribution in [1.29, 1.82) is 0 Å². The number of anilines is 1. The fraction of sp³-hybridized carbons (Fsp3) is 0.429. The minimum atomic E-state index is -1.06. The van der Waals surface area contributed by atoms with Gasteiger partial charge >= 0.3 is 11.6 Å². The fourth-order valence-electron chi connectivity index (χ4n) is 3.17. The molecule has 0 fully saturated rings. The van der Waals surface area contributed by atoms with Crippen LogP contribution in [0.5, 0.6) is 0 Å². The summed E-state index contributed by atoms with van der Waals surface area (Å²) in [7, 11) is 0. The molecule has 10 nitrogen and oxygen atoms in total. The number of nitrogen functional groups attached to an aromatic ring is 1. The lowest BCUT2D eigenvalue weighted by molar-refractivity contribution is -0.137. The van der Waals surface area contributed by atoms with Crippen LogP contribution in [0.3, 0.4) is 0 Å². The highest BCUT2D eigenvalue weighted by atomic mass is 16.4. The molecule has 168 valence electrons. The summed E-state index contributed by atoms with van der Waals surface area (Å²) in [4.78, 5) is 48.1. The molecule has 2 aromatic rings. The topological polar surface area (TPSA) is 192 Å². The number of hydrogen-bond donors (Lipinski definition) is 5. The number of carbonyl (C=O) groups is 3. The first-order valence-electron chi connectivity index (χ1n) is 10.0. The van der Waals surface area contributed by atoms with Gasteiger partial charge in [-0.15, -0.1) is 0 Å². The number of Topliss-reactive ketones (excluding diaryl/α,β-unsaturated/α-hetero) is 1. The predicted octanol–water partition coefficient (Wildman–Crippen LogP) is 0.672. The van der Waals surface area contributed by atoms with Gasteiger partial charge in [0.05, 0.1) is 12.1 Å². The molecule has 0 bridgehead atoms. The van der Waals surface area contributed by atoms with Crippen molar-refractivity contribution in [2.75, 3.05) is 12.3 Å². The molecule has 1 amide bonds. The van der Waals surface area contributed by atoms with Gasteiger partial charge in [0.25, 0.3) is 0 Å². The van der Waals surface area contributed by atoms with Crippen LogP contribution in [0.15, 0.2) is 27.4 Å². The summed E-state index contributed by atoms with van der Waals surface area (Å²) in [6.07, 6.45) is 1.28. The number of carboxylic acids is 1. The first kappa shape index (κ1) is 24.0. The monoisotopic (exact) mass is 432 g/mol. The number of rotatable bonds is 11. The summed E-state index contributed by atoms with van der Waals surface area (Å²) in [5.74, 6) is -2.05. The average molecular weight is 432 g/mol. The van der Waals surface area contributed by atoms with Gasteiger partial charge < -0.3 is 32.0 Å². The van der Waals surface area contributed by atoms with E-state index >= 15 is 0 Å². The maximum atomic E-state index is 13.1. The van der Waals surface area contributed by atoms with Crippen LogP contribution in [0.25, 0.3) is 11.0 Å². The molecule has 0 saturated carbocycles. The number of hydrogen-bond acceptors (Lipinski definition) is 8. The summed E-state index contributed by atoms with van der Waals surface area (Å²) in [6.45, 7) is 2.12. The van der Waals surface area contributed by atoms with E-state index in [1.165, 1.54) is 6.07 Å². The molecule has 2 atom stereocenters. The van der Waals surface area contributed by atoms with Crippen LogP contribution in [0.1, 0.15) is 48.0 Å². The molecule has 10 heteroatoms. The molecular weight excluding hydrogens is 404 g/mol. The molecule has 0 aliphatic rings. The Kier molecular flexibility index (Phi) is 8.29. The van der Waals surface area contributed by atoms with Gasteiger partial charge in [0.1, 0.15) is 11.3 Å². The second-order valence-electron chi connectivity index (χ2n) is 7.39. The predicted molar refractivity (Wildman–Crippen MR) is 116 cm³/mol. The van der Waals surface area contributed by atoms with E-state index in [0.717, 1.165) is 0 Å². The first-order valence-corrected chi connectivity index (χ1v) is 10.0. The van der Waals surface area contributed by atoms with Gasteiger partial charge in [-0.05, 0) is 50.8 Å². The minimum Gasteiger partial charge on any atom is -0.481 e. The maximum Gasteiger partial charge on any atom is 0.359 e. The molecule has 0 spiro atoms. The van der Waals surface area contributed by atoms with Crippen molar-refractivity contribution < 1.29 is 23.9 Å². The Morgan fingerprint density at radius 2 is 1.90 bits per heavy atom. The molecule has 2 rings (SSSR count). The van der Waals surface area contributed by atoms with E-state index in [4.69, 9.17) is 26.7 Å². The lowest BCUT2D eigenvalue weighted by Gasteiger charge is -2.20. The van der Waals surface area contributed by atoms with Crippen LogP contribution in [0, 0.1) is 6.92 Å². The van der Waals surface area contributed by atoms with E-state index in [0.29, 0.717) is 36.8 Å². The lowest BCUT2D eigenvalue weighted by Crippen LogP contribution is -2.48. The fourth-order valence-corrected chi connectivity index (χ4v) is 3.17. The normalized spacial score (nSPS) is 13.0. The number of aliphatic carboxylic acids is 1. The number of amides is 1. The highest BCUT2D eigenvalue weighted by molar-refractivity contribution is 6.04. The van der Waals surface area contributed by atoms with Gasteiger partial charge in [0.2, 0.25) is 5.91 Å². The van der Waals surface area contributed by atoms with Gasteiger partial charge in [-0.3, -0.25) is 14.4 Å². The Balaban J connectivity index is 2.27. The highest BCUT2D eigenvalue weighted by Gasteiger charge is 2.25. The summed E-state index contributed by atoms with van der Waals surface area (Å²) in [5.41, 5.74) is 17.3. The Hall–Kier alpha value is -3.24. The standard InChI is InChI=1S/C21H28N4O6/c1-11-13-6-5-12(10-16(13)31-21(30)18(11)24)19(28)15(4-2-3-9-22)25-20(29)14(23)7-8-17(26)27/h5-6,10,14-15H,2-4,7-9,22-24H2,1H3,(H,25,29)(H,26,27). The van der Waals surface area contributed by atoms with Gasteiger partial charge in [-0.2, -0.15) is 0 Å². The van der Waals surface area contributed by atoms with E-state index < -0.39 is 29.6 Å². The van der Waals surface area contributed by atoms with Crippen molar-refractivity contribution in [3.63, 3.8) is 0 Å². The van der Waals surface area contributed by atoms with Gasteiger partial charge in [0, 0.05) is 17.4 Å². The number of nitrogens with one attached hydrogen (secondary N) is 1. The summed E-state index contributed by atoms with van der Waals surface area (Å²) in [6, 6.07) is 2.71. The summed E-state index contributed by atoms with van der Waals surface area (Å²) >= 11 is 0. The third-order valence-corrected chi connectivity index (χ3v) is 5.08. The summed E-state index contributed by atoms with van der Waals surface area (Å²) < 4.78 is 5.20. The second kappa shape index (κ2) is 10.7. The summed E-state index contributed by atoms with van der Waals surface area (Å²) in [5, 5.41) is 12.0. The lowest BCUT2D eigenvalue weighted by atomic mass is 9.97. The van der Waals surface area contributed by atoms with Crippen LogP contribution in [0.2, 0.25) is 0 Å². The Morgan fingerprint density at radius 1 is 1.19 bits per heavy atom. The Bertz CT molecular complexity index is 1030. The zero-order valence-electron chi connectivity index (χ0n) is 17.3. The molecule has 2 unspecified atom stereocenters. The quantitative estimate of drug-likeness (QED) is 0.193. The maximum absolute atomic E-state index is 13.1. The van der Waals surface area contributed by atoms with Crippen molar-refractivity contribution in [2.24, 2.45) is 11.5 Å². The van der Waals surface area contributed by atoms with Crippen molar-refractivity contribution in [2.45, 2.75) is 51.1 Å². The molecule has 0 radical (unpaired) electrons. The molecular formula is C21H28N4O6. The number of ketones is 1. The smallest absolute Gasteiger partial charge is 0.359 e. The van der Waals surface area contributed by atoms with Crippen LogP contribution in [-0.4, -0.2) is 41.4 Å². The molecule has 0 aliphatic carbocycles. The zero-order chi connectivity index (χ0) is 23.1. The Morgan fingerprint density at radius 3 is 2.55 bits per heavy atom. The number of unbranched alkanes of at least 4 members (excludes halogenated alkanes) is 1. The van der Waals surface area contributed by atoms with Crippen LogP contribution >= 0.6 is 0 Å². The van der Waals surface area contributed by atoms with Crippen molar-refractivity contribution in [1.82, 2.24) is 5.32 Å². The van der Waals surface area contributed by atoms with Crippen LogP contribution in [-0.2, 0) is 9.59 Å². The average Bonchev–Trinajstić information content (AvgIpc) is 2.74. The molecule has 0 aliphatic heterocycles. The minimum absolute atomic E-state index is 0.00819. The highest BCUT2D eigenvalue weighted by Crippen LogP contribution is 2.23.